The Morgan fingerprint density at radius 3 is 2.86 bits per heavy atom. The van der Waals surface area contributed by atoms with Gasteiger partial charge in [0.15, 0.2) is 0 Å². The summed E-state index contributed by atoms with van der Waals surface area (Å²) in [6.07, 6.45) is 10.1. The average Bonchev–Trinajstić information content (AvgIpc) is 2.76. The second-order valence-corrected chi connectivity index (χ2v) is 5.62. The highest BCUT2D eigenvalue weighted by molar-refractivity contribution is 5.04. The minimum absolute atomic E-state index is 0.478. The first kappa shape index (κ1) is 14.2. The Kier molecular flexibility index (Phi) is 4.57. The highest BCUT2D eigenvalue weighted by Gasteiger charge is 2.20. The van der Waals surface area contributed by atoms with Gasteiger partial charge in [0.25, 0.3) is 0 Å². The molecule has 0 aliphatic carbocycles. The first-order valence-corrected chi connectivity index (χ1v) is 7.30. The molecule has 1 atom stereocenters. The van der Waals surface area contributed by atoms with Crippen molar-refractivity contribution in [3.63, 3.8) is 0 Å². The van der Waals surface area contributed by atoms with Crippen LogP contribution in [0.25, 0.3) is 0 Å². The summed E-state index contributed by atoms with van der Waals surface area (Å²) >= 11 is 0. The number of aryl methyl sites for hydroxylation is 1. The third-order valence-electron chi connectivity index (χ3n) is 3.86. The van der Waals surface area contributed by atoms with Crippen molar-refractivity contribution in [2.75, 3.05) is 26.3 Å². The van der Waals surface area contributed by atoms with Crippen molar-refractivity contribution in [2.45, 2.75) is 13.0 Å². The lowest BCUT2D eigenvalue weighted by Crippen LogP contribution is -2.31. The van der Waals surface area contributed by atoms with Crippen molar-refractivity contribution in [2.24, 2.45) is 13.0 Å². The fourth-order valence-electron chi connectivity index (χ4n) is 2.75. The van der Waals surface area contributed by atoms with E-state index in [1.807, 2.05) is 32.0 Å². The van der Waals surface area contributed by atoms with Crippen LogP contribution in [-0.4, -0.2) is 50.7 Å². The second kappa shape index (κ2) is 6.78. The monoisotopic (exact) mass is 287 g/mol. The Morgan fingerprint density at radius 2 is 2.10 bits per heavy atom. The zero-order chi connectivity index (χ0) is 14.5. The third-order valence-corrected chi connectivity index (χ3v) is 3.86. The topological polar surface area (TPSA) is 56.1 Å². The summed E-state index contributed by atoms with van der Waals surface area (Å²) in [5, 5.41) is 0. The lowest BCUT2D eigenvalue weighted by molar-refractivity contribution is 0.121. The molecule has 3 heterocycles. The van der Waals surface area contributed by atoms with E-state index in [-0.39, 0.29) is 0 Å². The van der Waals surface area contributed by atoms with Crippen molar-refractivity contribution in [1.82, 2.24) is 24.4 Å². The Labute approximate surface area is 124 Å². The number of nitrogens with zero attached hydrogens (tertiary/aromatic N) is 5. The van der Waals surface area contributed by atoms with Gasteiger partial charge in [-0.15, -0.1) is 0 Å². The Morgan fingerprint density at radius 1 is 1.24 bits per heavy atom. The lowest BCUT2D eigenvalue weighted by Gasteiger charge is -2.23. The molecule has 0 aromatic carbocycles. The number of imidazole rings is 1. The van der Waals surface area contributed by atoms with Crippen molar-refractivity contribution in [1.29, 1.82) is 0 Å². The molecule has 3 rings (SSSR count). The molecule has 1 aliphatic heterocycles. The van der Waals surface area contributed by atoms with Gasteiger partial charge in [-0.2, -0.15) is 0 Å². The molecular formula is C15H21N5O. The van der Waals surface area contributed by atoms with E-state index < -0.39 is 0 Å². The van der Waals surface area contributed by atoms with Gasteiger partial charge in [0.05, 0.1) is 25.2 Å². The van der Waals surface area contributed by atoms with Crippen LogP contribution in [0.1, 0.15) is 11.3 Å². The minimum atomic E-state index is 0.478. The van der Waals surface area contributed by atoms with Gasteiger partial charge in [0.2, 0.25) is 0 Å². The molecule has 0 saturated carbocycles. The van der Waals surface area contributed by atoms with Crippen LogP contribution in [-0.2, 0) is 24.8 Å². The van der Waals surface area contributed by atoms with E-state index in [0.717, 1.165) is 39.3 Å². The molecule has 2 aromatic rings. The fourth-order valence-corrected chi connectivity index (χ4v) is 2.75. The largest absolute Gasteiger partial charge is 0.380 e. The zero-order valence-corrected chi connectivity index (χ0v) is 12.4. The van der Waals surface area contributed by atoms with Gasteiger partial charge in [0.1, 0.15) is 6.33 Å². The van der Waals surface area contributed by atoms with Crippen LogP contribution < -0.4 is 0 Å². The number of rotatable bonds is 4. The second-order valence-electron chi connectivity index (χ2n) is 5.62. The minimum Gasteiger partial charge on any atom is -0.380 e. The summed E-state index contributed by atoms with van der Waals surface area (Å²) in [5.74, 6) is 0.478. The maximum Gasteiger partial charge on any atom is 0.115 e. The SMILES string of the molecule is Cn1cncc1CN1CCOCC(Cc2cncnc2)C1. The number of ether oxygens (including phenoxy) is 1. The zero-order valence-electron chi connectivity index (χ0n) is 12.4. The van der Waals surface area contributed by atoms with Gasteiger partial charge in [0, 0.05) is 45.3 Å². The van der Waals surface area contributed by atoms with E-state index >= 15 is 0 Å². The first-order valence-electron chi connectivity index (χ1n) is 7.30. The molecule has 1 saturated heterocycles. The summed E-state index contributed by atoms with van der Waals surface area (Å²) in [6.45, 7) is 4.51. The number of hydrogen-bond donors (Lipinski definition) is 0. The number of hydrogen-bond acceptors (Lipinski definition) is 5. The molecular weight excluding hydrogens is 266 g/mol. The van der Waals surface area contributed by atoms with E-state index in [0.29, 0.717) is 5.92 Å². The van der Waals surface area contributed by atoms with Crippen molar-refractivity contribution < 1.29 is 4.74 Å². The van der Waals surface area contributed by atoms with Crippen LogP contribution in [0.4, 0.5) is 0 Å². The molecule has 0 radical (unpaired) electrons. The van der Waals surface area contributed by atoms with Crippen LogP contribution in [0.15, 0.2) is 31.2 Å². The van der Waals surface area contributed by atoms with Crippen LogP contribution in [0.3, 0.4) is 0 Å². The summed E-state index contributed by atoms with van der Waals surface area (Å²) in [5.41, 5.74) is 2.41. The molecule has 0 spiro atoms. The van der Waals surface area contributed by atoms with Crippen LogP contribution in [0.2, 0.25) is 0 Å². The molecule has 0 bridgehead atoms. The lowest BCUT2D eigenvalue weighted by atomic mass is 10.0. The maximum atomic E-state index is 5.75. The molecule has 0 N–H and O–H groups in total. The molecule has 6 nitrogen and oxygen atoms in total. The molecule has 6 heteroatoms. The van der Waals surface area contributed by atoms with Gasteiger partial charge < -0.3 is 9.30 Å². The molecule has 112 valence electrons. The van der Waals surface area contributed by atoms with Crippen LogP contribution in [0, 0.1) is 5.92 Å². The molecule has 0 amide bonds. The highest BCUT2D eigenvalue weighted by atomic mass is 16.5. The predicted octanol–water partition coefficient (Wildman–Crippen LogP) is 0.901. The van der Waals surface area contributed by atoms with Gasteiger partial charge >= 0.3 is 0 Å². The normalized spacial score (nSPS) is 20.3. The van der Waals surface area contributed by atoms with Gasteiger partial charge in [-0.25, -0.2) is 15.0 Å². The molecule has 1 unspecified atom stereocenters. The fraction of sp³-hybridized carbons (Fsp3) is 0.533. The van der Waals surface area contributed by atoms with Gasteiger partial charge in [-0.3, -0.25) is 4.90 Å². The summed E-state index contributed by atoms with van der Waals surface area (Å²) in [4.78, 5) is 14.8. The van der Waals surface area contributed by atoms with Crippen molar-refractivity contribution in [3.8, 4) is 0 Å². The quantitative estimate of drug-likeness (QED) is 0.836. The molecule has 21 heavy (non-hydrogen) atoms. The predicted molar refractivity (Wildman–Crippen MR) is 78.5 cm³/mol. The van der Waals surface area contributed by atoms with Gasteiger partial charge in [-0.1, -0.05) is 0 Å². The summed E-state index contributed by atoms with van der Waals surface area (Å²) in [6, 6.07) is 0. The van der Waals surface area contributed by atoms with Crippen LogP contribution in [0.5, 0.6) is 0 Å². The molecule has 1 aliphatic rings. The Balaban J connectivity index is 1.62. The maximum absolute atomic E-state index is 5.75. The van der Waals surface area contributed by atoms with E-state index in [9.17, 15) is 0 Å². The first-order chi connectivity index (χ1) is 10.3. The average molecular weight is 287 g/mol. The Bertz CT molecular complexity index is 556. The van der Waals surface area contributed by atoms with Crippen molar-refractivity contribution in [3.05, 3.63) is 42.5 Å². The highest BCUT2D eigenvalue weighted by Crippen LogP contribution is 2.15. The molecule has 1 fully saturated rings. The number of aromatic nitrogens is 4. The summed E-state index contributed by atoms with van der Waals surface area (Å²) < 4.78 is 7.83. The van der Waals surface area contributed by atoms with Gasteiger partial charge in [-0.05, 0) is 17.9 Å². The van der Waals surface area contributed by atoms with Crippen molar-refractivity contribution >= 4 is 0 Å². The molecule has 2 aromatic heterocycles. The standard InChI is InChI=1S/C15H21N5O/c1-19-12-18-7-15(19)9-20-2-3-21-10-14(8-20)4-13-5-16-11-17-6-13/h5-7,11-12,14H,2-4,8-10H2,1H3. The Hall–Kier alpha value is -1.79. The van der Waals surface area contributed by atoms with E-state index in [2.05, 4.69) is 24.4 Å². The summed E-state index contributed by atoms with van der Waals surface area (Å²) in [7, 11) is 2.04. The van der Waals surface area contributed by atoms with Crippen LogP contribution >= 0.6 is 0 Å². The smallest absolute Gasteiger partial charge is 0.115 e. The third kappa shape index (κ3) is 3.86. The van der Waals surface area contributed by atoms with E-state index in [1.165, 1.54) is 11.3 Å². The van der Waals surface area contributed by atoms with E-state index in [4.69, 9.17) is 4.74 Å². The van der Waals surface area contributed by atoms with E-state index in [1.54, 1.807) is 6.33 Å².